The van der Waals surface area contributed by atoms with Crippen molar-refractivity contribution in [2.45, 2.75) is 6.42 Å². The number of nitrogens with zero attached hydrogens (tertiary/aromatic N) is 2. The number of aromatic nitrogens is 3. The molecule has 0 aliphatic rings. The van der Waals surface area contributed by atoms with Gasteiger partial charge in [0, 0.05) is 28.0 Å². The summed E-state index contributed by atoms with van der Waals surface area (Å²) in [7, 11) is 0. The van der Waals surface area contributed by atoms with Crippen LogP contribution < -0.4 is 10.6 Å². The molecule has 0 aliphatic carbocycles. The topological polar surface area (TPSA) is 99.8 Å². The molecule has 0 saturated carbocycles. The summed E-state index contributed by atoms with van der Waals surface area (Å²) >= 11 is 5.82. The normalized spacial score (nSPS) is 11.0. The highest BCUT2D eigenvalue weighted by atomic mass is 35.5. The van der Waals surface area contributed by atoms with E-state index in [1.807, 2.05) is 36.4 Å². The Hall–Kier alpha value is -3.97. The Kier molecular flexibility index (Phi) is 6.05. The van der Waals surface area contributed by atoms with Gasteiger partial charge in [-0.1, -0.05) is 17.7 Å². The summed E-state index contributed by atoms with van der Waals surface area (Å²) in [5.41, 5.74) is 3.51. The summed E-state index contributed by atoms with van der Waals surface area (Å²) in [5.74, 6) is -0.829. The lowest BCUT2D eigenvalue weighted by Crippen LogP contribution is -2.21. The van der Waals surface area contributed by atoms with E-state index < -0.39 is 11.8 Å². The molecule has 0 unspecified atom stereocenters. The van der Waals surface area contributed by atoms with Crippen LogP contribution in [0.1, 0.15) is 17.8 Å². The fourth-order valence-electron chi connectivity index (χ4n) is 2.97. The van der Waals surface area contributed by atoms with E-state index in [4.69, 9.17) is 11.6 Å². The quantitative estimate of drug-likeness (QED) is 0.383. The largest absolute Gasteiger partial charge is 0.326 e. The predicted octanol–water partition coefficient (Wildman–Crippen LogP) is 4.75. The van der Waals surface area contributed by atoms with Gasteiger partial charge in [-0.25, -0.2) is 0 Å². The maximum atomic E-state index is 12.2. The Morgan fingerprint density at radius 2 is 1.68 bits per heavy atom. The lowest BCUT2D eigenvalue weighted by Gasteiger charge is -2.07. The van der Waals surface area contributed by atoms with Crippen molar-refractivity contribution in [2.24, 2.45) is 0 Å². The van der Waals surface area contributed by atoms with Crippen molar-refractivity contribution < 1.29 is 9.59 Å². The van der Waals surface area contributed by atoms with E-state index in [9.17, 15) is 9.59 Å². The van der Waals surface area contributed by atoms with Crippen LogP contribution in [0.5, 0.6) is 0 Å². The average molecular weight is 432 g/mol. The van der Waals surface area contributed by atoms with Crippen LogP contribution in [-0.4, -0.2) is 27.0 Å². The number of halogens is 1. The first-order chi connectivity index (χ1) is 15.1. The van der Waals surface area contributed by atoms with Crippen LogP contribution in [0.15, 0.2) is 66.9 Å². The zero-order chi connectivity index (χ0) is 21.6. The molecule has 4 aromatic rings. The minimum absolute atomic E-state index is 0.304. The van der Waals surface area contributed by atoms with E-state index in [2.05, 4.69) is 25.8 Å². The van der Waals surface area contributed by atoms with Gasteiger partial charge in [0.05, 0.1) is 16.9 Å². The second-order valence-electron chi connectivity index (χ2n) is 6.74. The van der Waals surface area contributed by atoms with E-state index in [0.29, 0.717) is 16.4 Å². The highest BCUT2D eigenvalue weighted by molar-refractivity contribution is 6.30. The lowest BCUT2D eigenvalue weighted by molar-refractivity contribution is -0.123. The standard InChI is InChI=1S/C23H18ClN5O2/c24-15-4-6-17(7-5-15)26-22(30)14-23(31)27-18-8-10-19-20(28-29-21(19)13-18)11-9-16-3-1-2-12-25-16/h1-13H,14H2,(H,26,30)(H,27,31)(H,28,29). The Bertz CT molecular complexity index is 1250. The minimum Gasteiger partial charge on any atom is -0.326 e. The number of carbonyl (C=O) groups excluding carboxylic acids is 2. The molecule has 0 atom stereocenters. The van der Waals surface area contributed by atoms with Gasteiger partial charge < -0.3 is 10.6 Å². The molecule has 2 aromatic heterocycles. The molecule has 2 heterocycles. The van der Waals surface area contributed by atoms with E-state index >= 15 is 0 Å². The molecule has 7 nitrogen and oxygen atoms in total. The van der Waals surface area contributed by atoms with Gasteiger partial charge >= 0.3 is 0 Å². The van der Waals surface area contributed by atoms with Crippen LogP contribution in [0.4, 0.5) is 11.4 Å². The molecule has 0 aliphatic heterocycles. The predicted molar refractivity (Wildman–Crippen MR) is 123 cm³/mol. The van der Waals surface area contributed by atoms with Crippen molar-refractivity contribution in [3.05, 3.63) is 83.3 Å². The highest BCUT2D eigenvalue weighted by Gasteiger charge is 2.11. The maximum Gasteiger partial charge on any atom is 0.233 e. The van der Waals surface area contributed by atoms with Crippen LogP contribution in [0, 0.1) is 0 Å². The molecule has 0 bridgehead atoms. The number of anilines is 2. The number of rotatable bonds is 6. The Labute approximate surface area is 183 Å². The van der Waals surface area contributed by atoms with Crippen molar-refractivity contribution in [2.75, 3.05) is 10.6 Å². The number of pyridine rings is 1. The Morgan fingerprint density at radius 1 is 0.935 bits per heavy atom. The lowest BCUT2D eigenvalue weighted by atomic mass is 10.1. The van der Waals surface area contributed by atoms with Crippen molar-refractivity contribution in [3.63, 3.8) is 0 Å². The van der Waals surface area contributed by atoms with Gasteiger partial charge in [0.1, 0.15) is 6.42 Å². The molecule has 2 aromatic carbocycles. The average Bonchev–Trinajstić information content (AvgIpc) is 3.16. The minimum atomic E-state index is -0.416. The molecule has 4 rings (SSSR count). The van der Waals surface area contributed by atoms with Gasteiger partial charge in [-0.15, -0.1) is 0 Å². The van der Waals surface area contributed by atoms with Gasteiger partial charge in [0.25, 0.3) is 0 Å². The third-order valence-corrected chi connectivity index (χ3v) is 4.68. The van der Waals surface area contributed by atoms with Crippen LogP contribution in [0.25, 0.3) is 23.1 Å². The molecule has 154 valence electrons. The second kappa shape index (κ2) is 9.23. The number of benzene rings is 2. The number of H-pyrrole nitrogens is 1. The number of carbonyl (C=O) groups is 2. The molecule has 0 radical (unpaired) electrons. The van der Waals surface area contributed by atoms with Crippen LogP contribution in [0.2, 0.25) is 5.02 Å². The van der Waals surface area contributed by atoms with Gasteiger partial charge in [0.2, 0.25) is 11.8 Å². The number of hydrogen-bond donors (Lipinski definition) is 3. The van der Waals surface area contributed by atoms with Crippen LogP contribution >= 0.6 is 11.6 Å². The molecular formula is C23H18ClN5O2. The number of amides is 2. The first kappa shape index (κ1) is 20.3. The second-order valence-corrected chi connectivity index (χ2v) is 7.17. The highest BCUT2D eigenvalue weighted by Crippen LogP contribution is 2.22. The number of fused-ring (bicyclic) bond motifs is 1. The first-order valence-electron chi connectivity index (χ1n) is 9.49. The van der Waals surface area contributed by atoms with Gasteiger partial charge in [-0.3, -0.25) is 19.7 Å². The summed E-state index contributed by atoms with van der Waals surface area (Å²) < 4.78 is 0. The van der Waals surface area contributed by atoms with Crippen molar-refractivity contribution in [3.8, 4) is 0 Å². The third kappa shape index (κ3) is 5.34. The summed E-state index contributed by atoms with van der Waals surface area (Å²) in [5, 5.41) is 14.1. The number of hydrogen-bond acceptors (Lipinski definition) is 4. The van der Waals surface area contributed by atoms with Crippen molar-refractivity contribution >= 4 is 57.8 Å². The zero-order valence-electron chi connectivity index (χ0n) is 16.3. The third-order valence-electron chi connectivity index (χ3n) is 4.42. The van der Waals surface area contributed by atoms with Crippen LogP contribution in [-0.2, 0) is 9.59 Å². The molecule has 0 saturated heterocycles. The molecule has 0 spiro atoms. The molecule has 2 amide bonds. The zero-order valence-corrected chi connectivity index (χ0v) is 17.1. The molecule has 31 heavy (non-hydrogen) atoms. The molecule has 3 N–H and O–H groups in total. The van der Waals surface area contributed by atoms with Gasteiger partial charge in [-0.05, 0) is 66.7 Å². The Morgan fingerprint density at radius 3 is 2.42 bits per heavy atom. The van der Waals surface area contributed by atoms with Gasteiger partial charge in [0.15, 0.2) is 0 Å². The summed E-state index contributed by atoms with van der Waals surface area (Å²) in [6, 6.07) is 17.8. The maximum absolute atomic E-state index is 12.2. The first-order valence-corrected chi connectivity index (χ1v) is 9.87. The Balaban J connectivity index is 1.38. The van der Waals surface area contributed by atoms with E-state index in [1.54, 1.807) is 42.6 Å². The molecular weight excluding hydrogens is 414 g/mol. The summed E-state index contributed by atoms with van der Waals surface area (Å²) in [6.07, 6.45) is 5.18. The van der Waals surface area contributed by atoms with Crippen molar-refractivity contribution in [1.82, 2.24) is 15.2 Å². The van der Waals surface area contributed by atoms with Crippen molar-refractivity contribution in [1.29, 1.82) is 0 Å². The van der Waals surface area contributed by atoms with E-state index in [1.165, 1.54) is 0 Å². The number of nitrogens with one attached hydrogen (secondary N) is 3. The SMILES string of the molecule is O=C(CC(=O)Nc1ccc2c(C=Cc3ccccn3)n[nH]c2c1)Nc1ccc(Cl)cc1. The van der Waals surface area contributed by atoms with Gasteiger partial charge in [-0.2, -0.15) is 5.10 Å². The van der Waals surface area contributed by atoms with E-state index in [-0.39, 0.29) is 6.42 Å². The van der Waals surface area contributed by atoms with Crippen LogP contribution in [0.3, 0.4) is 0 Å². The smallest absolute Gasteiger partial charge is 0.233 e. The summed E-state index contributed by atoms with van der Waals surface area (Å²) in [6.45, 7) is 0. The molecule has 8 heteroatoms. The fraction of sp³-hybridized carbons (Fsp3) is 0.0435. The summed E-state index contributed by atoms with van der Waals surface area (Å²) in [4.78, 5) is 28.5. The fourth-order valence-corrected chi connectivity index (χ4v) is 3.10. The number of aromatic amines is 1. The molecule has 0 fully saturated rings. The van der Waals surface area contributed by atoms with E-state index in [0.717, 1.165) is 22.3 Å². The monoisotopic (exact) mass is 431 g/mol.